The van der Waals surface area contributed by atoms with Gasteiger partial charge in [-0.3, -0.25) is 14.5 Å². The van der Waals surface area contributed by atoms with Crippen molar-refractivity contribution in [3.63, 3.8) is 0 Å². The van der Waals surface area contributed by atoms with E-state index in [1.165, 1.54) is 25.3 Å². The highest BCUT2D eigenvalue weighted by molar-refractivity contribution is 6.10. The number of nitrogens with zero attached hydrogens (tertiary/aromatic N) is 1. The van der Waals surface area contributed by atoms with E-state index in [2.05, 4.69) is 15.4 Å². The molecule has 2 aromatic rings. The summed E-state index contributed by atoms with van der Waals surface area (Å²) in [5.41, 5.74) is 0.304. The predicted octanol–water partition coefficient (Wildman–Crippen LogP) is 3.77. The molecule has 8 nitrogen and oxygen atoms in total. The smallest absolute Gasteiger partial charge is 0.387 e. The summed E-state index contributed by atoms with van der Waals surface area (Å²) in [6.07, 6.45) is 2.81. The zero-order valence-electron chi connectivity index (χ0n) is 17.9. The Morgan fingerprint density at radius 3 is 2.48 bits per heavy atom. The number of amides is 4. The van der Waals surface area contributed by atoms with Crippen molar-refractivity contribution in [2.75, 3.05) is 19.0 Å². The maximum atomic E-state index is 12.9. The minimum absolute atomic E-state index is 0.0644. The molecule has 1 heterocycles. The van der Waals surface area contributed by atoms with Crippen LogP contribution in [0, 0.1) is 0 Å². The molecular weight excluding hydrogens is 436 g/mol. The van der Waals surface area contributed by atoms with Crippen LogP contribution >= 0.6 is 0 Å². The first-order valence-electron chi connectivity index (χ1n) is 10.5. The highest BCUT2D eigenvalue weighted by atomic mass is 19.3. The lowest BCUT2D eigenvalue weighted by molar-refractivity contribution is -0.133. The maximum Gasteiger partial charge on any atom is 0.387 e. The van der Waals surface area contributed by atoms with Crippen LogP contribution in [0.3, 0.4) is 0 Å². The van der Waals surface area contributed by atoms with Crippen LogP contribution in [0.15, 0.2) is 42.5 Å². The third-order valence-corrected chi connectivity index (χ3v) is 5.89. The summed E-state index contributed by atoms with van der Waals surface area (Å²) in [6, 6.07) is 10.3. The Morgan fingerprint density at radius 1 is 1.15 bits per heavy atom. The van der Waals surface area contributed by atoms with Crippen LogP contribution in [0.4, 0.5) is 19.3 Å². The van der Waals surface area contributed by atoms with Crippen LogP contribution in [0.1, 0.15) is 25.7 Å². The molecule has 174 valence electrons. The molecule has 0 aromatic heterocycles. The van der Waals surface area contributed by atoms with Gasteiger partial charge in [0.1, 0.15) is 23.6 Å². The van der Waals surface area contributed by atoms with Gasteiger partial charge in [0, 0.05) is 11.3 Å². The molecule has 2 fully saturated rings. The monoisotopic (exact) mass is 459 g/mol. The molecule has 0 bridgehead atoms. The number of nitrogens with one attached hydrogen (secondary N) is 2. The second-order valence-corrected chi connectivity index (χ2v) is 7.98. The fourth-order valence-electron chi connectivity index (χ4n) is 4.28. The Hall–Kier alpha value is -3.69. The maximum absolute atomic E-state index is 12.9. The molecule has 4 amide bonds. The summed E-state index contributed by atoms with van der Waals surface area (Å²) in [4.78, 5) is 38.5. The lowest BCUT2D eigenvalue weighted by atomic mass is 9.98. The van der Waals surface area contributed by atoms with Crippen LogP contribution in [-0.2, 0) is 9.59 Å². The van der Waals surface area contributed by atoms with Crippen molar-refractivity contribution >= 4 is 23.5 Å². The van der Waals surface area contributed by atoms with Crippen molar-refractivity contribution in [3.8, 4) is 22.6 Å². The number of methoxy groups -OCH3 is 1. The molecule has 1 aliphatic heterocycles. The molecule has 33 heavy (non-hydrogen) atoms. The number of imide groups is 1. The SMILES string of the molecule is COc1ccc(-c2cc(NC(=O)CN3C(=O)NC4(CCCC4)C3=O)ccc2OC(F)F)cc1. The quantitative estimate of drug-likeness (QED) is 0.615. The Labute approximate surface area is 188 Å². The number of carbonyl (C=O) groups excluding carboxylic acids is 3. The first-order chi connectivity index (χ1) is 15.8. The first kappa shape index (κ1) is 22.5. The van der Waals surface area contributed by atoms with Gasteiger partial charge < -0.3 is 20.1 Å². The first-order valence-corrected chi connectivity index (χ1v) is 10.5. The van der Waals surface area contributed by atoms with Crippen molar-refractivity contribution in [1.82, 2.24) is 10.2 Å². The van der Waals surface area contributed by atoms with Crippen molar-refractivity contribution in [1.29, 1.82) is 0 Å². The number of carbonyl (C=O) groups is 3. The zero-order valence-corrected chi connectivity index (χ0v) is 17.9. The number of benzene rings is 2. The van der Waals surface area contributed by atoms with Gasteiger partial charge in [-0.05, 0) is 48.7 Å². The van der Waals surface area contributed by atoms with E-state index in [4.69, 9.17) is 4.74 Å². The summed E-state index contributed by atoms with van der Waals surface area (Å²) < 4.78 is 35.5. The Kier molecular flexibility index (Phi) is 6.17. The molecule has 1 spiro atoms. The number of hydrogen-bond donors (Lipinski definition) is 2. The van der Waals surface area contributed by atoms with Crippen LogP contribution in [0.2, 0.25) is 0 Å². The van der Waals surface area contributed by atoms with Gasteiger partial charge in [-0.25, -0.2) is 4.79 Å². The van der Waals surface area contributed by atoms with Gasteiger partial charge in [0.2, 0.25) is 5.91 Å². The van der Waals surface area contributed by atoms with E-state index in [0.29, 0.717) is 35.4 Å². The number of hydrogen-bond acceptors (Lipinski definition) is 5. The van der Waals surface area contributed by atoms with Crippen molar-refractivity contribution in [2.45, 2.75) is 37.8 Å². The van der Waals surface area contributed by atoms with Crippen molar-refractivity contribution in [3.05, 3.63) is 42.5 Å². The number of anilines is 1. The van der Waals surface area contributed by atoms with Gasteiger partial charge >= 0.3 is 12.6 Å². The molecule has 2 aliphatic rings. The lowest BCUT2D eigenvalue weighted by Gasteiger charge is -2.20. The van der Waals surface area contributed by atoms with Crippen LogP contribution in [-0.4, -0.2) is 48.6 Å². The van der Waals surface area contributed by atoms with Gasteiger partial charge in [-0.15, -0.1) is 0 Å². The molecule has 4 rings (SSSR count). The second kappa shape index (κ2) is 9.05. The van der Waals surface area contributed by atoms with Crippen molar-refractivity contribution in [2.24, 2.45) is 0 Å². The predicted molar refractivity (Wildman–Crippen MR) is 115 cm³/mol. The second-order valence-electron chi connectivity index (χ2n) is 7.98. The molecule has 1 aliphatic carbocycles. The average molecular weight is 459 g/mol. The van der Waals surface area contributed by atoms with Gasteiger partial charge in [0.15, 0.2) is 0 Å². The third-order valence-electron chi connectivity index (χ3n) is 5.89. The number of urea groups is 1. The number of alkyl halides is 2. The lowest BCUT2D eigenvalue weighted by Crippen LogP contribution is -2.44. The van der Waals surface area contributed by atoms with Gasteiger partial charge in [0.05, 0.1) is 7.11 Å². The van der Waals surface area contributed by atoms with E-state index in [0.717, 1.165) is 17.7 Å². The van der Waals surface area contributed by atoms with E-state index < -0.39 is 30.6 Å². The van der Waals surface area contributed by atoms with Crippen LogP contribution in [0.25, 0.3) is 11.1 Å². The summed E-state index contributed by atoms with van der Waals surface area (Å²) in [7, 11) is 1.51. The topological polar surface area (TPSA) is 97.0 Å². The van der Waals surface area contributed by atoms with Crippen LogP contribution in [0.5, 0.6) is 11.5 Å². The number of halogens is 2. The van der Waals surface area contributed by atoms with E-state index in [1.54, 1.807) is 24.3 Å². The molecule has 2 aromatic carbocycles. The highest BCUT2D eigenvalue weighted by Gasteiger charge is 2.52. The molecule has 1 saturated carbocycles. The molecular formula is C23H23F2N3O5. The van der Waals surface area contributed by atoms with E-state index in [9.17, 15) is 23.2 Å². The minimum atomic E-state index is -3.02. The van der Waals surface area contributed by atoms with E-state index in [1.807, 2.05) is 0 Å². The van der Waals surface area contributed by atoms with Gasteiger partial charge in [0.25, 0.3) is 5.91 Å². The molecule has 0 unspecified atom stereocenters. The minimum Gasteiger partial charge on any atom is -0.497 e. The third kappa shape index (κ3) is 4.59. The standard InChI is InChI=1S/C23H23F2N3O5/c1-32-16-7-4-14(5-8-16)17-12-15(6-9-18(17)33-21(24)25)26-19(29)13-28-20(30)23(27-22(28)31)10-2-3-11-23/h4-9,12,21H,2-3,10-11,13H2,1H3,(H,26,29)(H,27,31). The molecule has 2 N–H and O–H groups in total. The zero-order chi connectivity index (χ0) is 23.6. The number of ether oxygens (including phenoxy) is 2. The highest BCUT2D eigenvalue weighted by Crippen LogP contribution is 2.36. The molecule has 0 radical (unpaired) electrons. The summed E-state index contributed by atoms with van der Waals surface area (Å²) >= 11 is 0. The summed E-state index contributed by atoms with van der Waals surface area (Å²) in [6.45, 7) is -3.47. The Balaban J connectivity index is 1.52. The van der Waals surface area contributed by atoms with E-state index in [-0.39, 0.29) is 11.7 Å². The normalized spacial score (nSPS) is 16.9. The van der Waals surface area contributed by atoms with Gasteiger partial charge in [-0.1, -0.05) is 25.0 Å². The number of rotatable bonds is 7. The van der Waals surface area contributed by atoms with Crippen LogP contribution < -0.4 is 20.1 Å². The molecule has 10 heteroatoms. The fourth-order valence-corrected chi connectivity index (χ4v) is 4.28. The molecule has 1 saturated heterocycles. The Bertz CT molecular complexity index is 1070. The summed E-state index contributed by atoms with van der Waals surface area (Å²) in [5, 5.41) is 5.35. The van der Waals surface area contributed by atoms with Gasteiger partial charge in [-0.2, -0.15) is 8.78 Å². The fraction of sp³-hybridized carbons (Fsp3) is 0.348. The van der Waals surface area contributed by atoms with E-state index >= 15 is 0 Å². The molecule has 0 atom stereocenters. The Morgan fingerprint density at radius 2 is 1.85 bits per heavy atom. The average Bonchev–Trinajstić information content (AvgIpc) is 3.35. The van der Waals surface area contributed by atoms with Crippen molar-refractivity contribution < 1.29 is 32.6 Å². The largest absolute Gasteiger partial charge is 0.497 e. The summed E-state index contributed by atoms with van der Waals surface area (Å²) in [5.74, 6) is -0.449.